The molecule has 146 valence electrons. The molecule has 1 N–H and O–H groups in total. The molecule has 0 aliphatic rings. The lowest BCUT2D eigenvalue weighted by atomic mass is 10.1. The molecule has 0 saturated carbocycles. The molecule has 0 radical (unpaired) electrons. The van der Waals surface area contributed by atoms with Gasteiger partial charge in [0.1, 0.15) is 9.77 Å². The summed E-state index contributed by atoms with van der Waals surface area (Å²) in [6.45, 7) is 3.90. The third kappa shape index (κ3) is 4.14. The number of amides is 1. The predicted molar refractivity (Wildman–Crippen MR) is 118 cm³/mol. The van der Waals surface area contributed by atoms with Crippen molar-refractivity contribution in [2.24, 2.45) is 0 Å². The smallest absolute Gasteiger partial charge is 0.267 e. The Labute approximate surface area is 177 Å². The molecule has 28 heavy (non-hydrogen) atoms. The van der Waals surface area contributed by atoms with E-state index in [1.54, 1.807) is 35.7 Å². The Balaban J connectivity index is 1.91. The van der Waals surface area contributed by atoms with Crippen LogP contribution in [0.1, 0.15) is 20.8 Å². The molecule has 0 aliphatic carbocycles. The third-order valence-corrected chi connectivity index (χ3v) is 7.83. The SMILES string of the molecule is Cc1ccc(N(C)S(=O)(=O)c2ccsc2C(=O)Nc2ccc(Br)cc2)cc1C. The van der Waals surface area contributed by atoms with Gasteiger partial charge >= 0.3 is 0 Å². The van der Waals surface area contributed by atoms with Crippen LogP contribution >= 0.6 is 27.3 Å². The van der Waals surface area contributed by atoms with Crippen LogP contribution in [0.5, 0.6) is 0 Å². The fraction of sp³-hybridized carbons (Fsp3) is 0.150. The maximum atomic E-state index is 13.2. The number of aryl methyl sites for hydroxylation is 2. The highest BCUT2D eigenvalue weighted by Crippen LogP contribution is 2.29. The van der Waals surface area contributed by atoms with Crippen LogP contribution in [0, 0.1) is 13.8 Å². The highest BCUT2D eigenvalue weighted by atomic mass is 79.9. The van der Waals surface area contributed by atoms with E-state index in [1.807, 2.05) is 26.0 Å². The number of sulfonamides is 1. The number of carbonyl (C=O) groups excluding carboxylic acids is 1. The van der Waals surface area contributed by atoms with Gasteiger partial charge in [-0.25, -0.2) is 8.42 Å². The standard InChI is InChI=1S/C20H19BrN2O3S2/c1-13-4-9-17(12-14(13)2)23(3)28(25,26)18-10-11-27-19(18)20(24)22-16-7-5-15(21)6-8-16/h4-12H,1-3H3,(H,22,24). The summed E-state index contributed by atoms with van der Waals surface area (Å²) in [5, 5.41) is 4.36. The average Bonchev–Trinajstić information content (AvgIpc) is 3.16. The molecule has 0 spiro atoms. The van der Waals surface area contributed by atoms with Crippen LogP contribution in [-0.2, 0) is 10.0 Å². The minimum absolute atomic E-state index is 0.00663. The van der Waals surface area contributed by atoms with Crippen LogP contribution in [0.3, 0.4) is 0 Å². The van der Waals surface area contributed by atoms with Gasteiger partial charge in [0.15, 0.2) is 0 Å². The first-order valence-electron chi connectivity index (χ1n) is 8.41. The van der Waals surface area contributed by atoms with Gasteiger partial charge in [0, 0.05) is 17.2 Å². The second-order valence-corrected chi connectivity index (χ2v) is 10.1. The highest BCUT2D eigenvalue weighted by molar-refractivity contribution is 9.10. The van der Waals surface area contributed by atoms with E-state index < -0.39 is 15.9 Å². The first-order chi connectivity index (χ1) is 13.2. The Morgan fingerprint density at radius 1 is 1.04 bits per heavy atom. The molecule has 0 unspecified atom stereocenters. The molecule has 0 saturated heterocycles. The molecule has 8 heteroatoms. The van der Waals surface area contributed by atoms with Gasteiger partial charge in [-0.05, 0) is 72.8 Å². The number of hydrogen-bond acceptors (Lipinski definition) is 4. The summed E-state index contributed by atoms with van der Waals surface area (Å²) in [6.07, 6.45) is 0. The van der Waals surface area contributed by atoms with Crippen molar-refractivity contribution in [3.8, 4) is 0 Å². The van der Waals surface area contributed by atoms with Crippen LogP contribution in [0.25, 0.3) is 0 Å². The van der Waals surface area contributed by atoms with Crippen molar-refractivity contribution in [3.63, 3.8) is 0 Å². The van der Waals surface area contributed by atoms with Crippen molar-refractivity contribution in [1.82, 2.24) is 0 Å². The minimum Gasteiger partial charge on any atom is -0.321 e. The van der Waals surface area contributed by atoms with E-state index in [0.717, 1.165) is 26.9 Å². The number of benzene rings is 2. The lowest BCUT2D eigenvalue weighted by molar-refractivity contribution is 0.102. The van der Waals surface area contributed by atoms with Crippen LogP contribution in [0.15, 0.2) is 63.3 Å². The van der Waals surface area contributed by atoms with Crippen molar-refractivity contribution in [3.05, 3.63) is 74.4 Å². The summed E-state index contributed by atoms with van der Waals surface area (Å²) in [7, 11) is -2.38. The van der Waals surface area contributed by atoms with Crippen LogP contribution < -0.4 is 9.62 Å². The molecule has 1 heterocycles. The number of thiophene rings is 1. The van der Waals surface area contributed by atoms with E-state index in [0.29, 0.717) is 11.4 Å². The van der Waals surface area contributed by atoms with Crippen molar-refractivity contribution in [1.29, 1.82) is 0 Å². The topological polar surface area (TPSA) is 66.5 Å². The molecule has 5 nitrogen and oxygen atoms in total. The van der Waals surface area contributed by atoms with Crippen molar-refractivity contribution in [2.75, 3.05) is 16.7 Å². The van der Waals surface area contributed by atoms with E-state index in [9.17, 15) is 13.2 Å². The summed E-state index contributed by atoms with van der Waals surface area (Å²) < 4.78 is 28.4. The summed E-state index contributed by atoms with van der Waals surface area (Å²) in [6, 6.07) is 14.0. The van der Waals surface area contributed by atoms with E-state index in [1.165, 1.54) is 17.4 Å². The zero-order chi connectivity index (χ0) is 20.5. The molecular weight excluding hydrogens is 460 g/mol. The number of anilines is 2. The third-order valence-electron chi connectivity index (χ3n) is 4.43. The number of hydrogen-bond donors (Lipinski definition) is 1. The van der Waals surface area contributed by atoms with Gasteiger partial charge in [0.2, 0.25) is 0 Å². The number of rotatable bonds is 5. The summed E-state index contributed by atoms with van der Waals surface area (Å²) in [5.74, 6) is -0.454. The Bertz CT molecular complexity index is 1120. The molecule has 1 amide bonds. The molecule has 3 aromatic rings. The lowest BCUT2D eigenvalue weighted by Crippen LogP contribution is -2.28. The molecule has 0 atom stereocenters. The zero-order valence-electron chi connectivity index (χ0n) is 15.6. The van der Waals surface area contributed by atoms with E-state index in [-0.39, 0.29) is 9.77 Å². The lowest BCUT2D eigenvalue weighted by Gasteiger charge is -2.20. The van der Waals surface area contributed by atoms with Gasteiger partial charge in [0.05, 0.1) is 5.69 Å². The molecule has 0 bridgehead atoms. The molecule has 0 aliphatic heterocycles. The summed E-state index contributed by atoms with van der Waals surface area (Å²) >= 11 is 4.44. The van der Waals surface area contributed by atoms with Crippen molar-refractivity contribution < 1.29 is 13.2 Å². The average molecular weight is 479 g/mol. The van der Waals surface area contributed by atoms with E-state index >= 15 is 0 Å². The molecule has 3 rings (SSSR count). The van der Waals surface area contributed by atoms with Crippen molar-refractivity contribution >= 4 is 54.6 Å². The second kappa shape index (κ2) is 8.06. The summed E-state index contributed by atoms with van der Waals surface area (Å²) in [5.41, 5.74) is 3.22. The number of nitrogens with zero attached hydrogens (tertiary/aromatic N) is 1. The first kappa shape index (κ1) is 20.6. The number of halogens is 1. The highest BCUT2D eigenvalue weighted by Gasteiger charge is 2.28. The Morgan fingerprint density at radius 2 is 1.71 bits per heavy atom. The Morgan fingerprint density at radius 3 is 2.36 bits per heavy atom. The normalized spacial score (nSPS) is 11.3. The largest absolute Gasteiger partial charge is 0.321 e. The first-order valence-corrected chi connectivity index (χ1v) is 11.5. The monoisotopic (exact) mass is 478 g/mol. The second-order valence-electron chi connectivity index (χ2n) is 6.32. The maximum Gasteiger partial charge on any atom is 0.267 e. The van der Waals surface area contributed by atoms with E-state index in [4.69, 9.17) is 0 Å². The van der Waals surface area contributed by atoms with Crippen LogP contribution in [0.4, 0.5) is 11.4 Å². The van der Waals surface area contributed by atoms with Gasteiger partial charge in [-0.3, -0.25) is 9.10 Å². The minimum atomic E-state index is -3.88. The van der Waals surface area contributed by atoms with Crippen LogP contribution in [-0.4, -0.2) is 21.4 Å². The van der Waals surface area contributed by atoms with Gasteiger partial charge in [-0.2, -0.15) is 0 Å². The molecule has 1 aromatic heterocycles. The number of nitrogens with one attached hydrogen (secondary N) is 1. The van der Waals surface area contributed by atoms with Crippen molar-refractivity contribution in [2.45, 2.75) is 18.7 Å². The predicted octanol–water partition coefficient (Wildman–Crippen LogP) is 5.20. The fourth-order valence-electron chi connectivity index (χ4n) is 2.60. The van der Waals surface area contributed by atoms with Gasteiger partial charge in [-0.1, -0.05) is 22.0 Å². The summed E-state index contributed by atoms with van der Waals surface area (Å²) in [4.78, 5) is 12.8. The van der Waals surface area contributed by atoms with Crippen LogP contribution in [0.2, 0.25) is 0 Å². The quantitative estimate of drug-likeness (QED) is 0.547. The Hall–Kier alpha value is -2.16. The van der Waals surface area contributed by atoms with Gasteiger partial charge in [-0.15, -0.1) is 11.3 Å². The molecular formula is C20H19BrN2O3S2. The van der Waals surface area contributed by atoms with Gasteiger partial charge < -0.3 is 5.32 Å². The Kier molecular flexibility index (Phi) is 5.92. The zero-order valence-corrected chi connectivity index (χ0v) is 18.8. The maximum absolute atomic E-state index is 13.2. The molecule has 0 fully saturated rings. The van der Waals surface area contributed by atoms with Gasteiger partial charge in [0.25, 0.3) is 15.9 Å². The number of carbonyl (C=O) groups is 1. The molecule has 2 aromatic carbocycles. The fourth-order valence-corrected chi connectivity index (χ4v) is 5.34. The van der Waals surface area contributed by atoms with E-state index in [2.05, 4.69) is 21.2 Å².